The molecule has 0 rings (SSSR count). The second-order valence-corrected chi connectivity index (χ2v) is 8.06. The van der Waals surface area contributed by atoms with Crippen LogP contribution < -0.4 is 0 Å². The summed E-state index contributed by atoms with van der Waals surface area (Å²) in [5.41, 5.74) is -0.597. The zero-order valence-electron chi connectivity index (χ0n) is 17.0. The molecule has 5 nitrogen and oxygen atoms in total. The molecule has 0 aromatic carbocycles. The highest BCUT2D eigenvalue weighted by Gasteiger charge is 2.34. The van der Waals surface area contributed by atoms with Crippen molar-refractivity contribution in [2.75, 3.05) is 0 Å². The SMILES string of the molecule is CC(=O)CC(CCCCC(CC(C)=O)(CC(C)=O)CC(C)=O)CC(C)=O. The van der Waals surface area contributed by atoms with Crippen LogP contribution in [0.2, 0.25) is 0 Å². The van der Waals surface area contributed by atoms with Crippen LogP contribution in [0, 0.1) is 11.3 Å². The maximum Gasteiger partial charge on any atom is 0.130 e. The molecular formula is C21H34O5. The predicted octanol–water partition coefficient (Wildman–Crippen LogP) is 4.04. The first kappa shape index (κ1) is 24.4. The molecule has 0 heterocycles. The molecule has 0 N–H and O–H groups in total. The number of carbonyl (C=O) groups is 5. The number of Topliss-reactive ketones (excluding diaryl/α,β-unsaturated/α-hetero) is 5. The van der Waals surface area contributed by atoms with Crippen LogP contribution in [0.15, 0.2) is 0 Å². The lowest BCUT2D eigenvalue weighted by molar-refractivity contribution is -0.126. The molecule has 5 heteroatoms. The van der Waals surface area contributed by atoms with Crippen LogP contribution in [0.5, 0.6) is 0 Å². The van der Waals surface area contributed by atoms with Gasteiger partial charge < -0.3 is 24.0 Å². The van der Waals surface area contributed by atoms with Crippen LogP contribution in [0.4, 0.5) is 0 Å². The fourth-order valence-corrected chi connectivity index (χ4v) is 4.06. The van der Waals surface area contributed by atoms with E-state index < -0.39 is 5.41 Å². The lowest BCUT2D eigenvalue weighted by Gasteiger charge is -2.31. The highest BCUT2D eigenvalue weighted by atomic mass is 16.1. The molecule has 0 aromatic rings. The molecule has 0 spiro atoms. The van der Waals surface area contributed by atoms with Crippen LogP contribution in [-0.4, -0.2) is 28.9 Å². The molecule has 0 aromatic heterocycles. The molecule has 0 radical (unpaired) electrons. The van der Waals surface area contributed by atoms with Gasteiger partial charge in [0.15, 0.2) is 0 Å². The van der Waals surface area contributed by atoms with Gasteiger partial charge in [0.05, 0.1) is 0 Å². The molecule has 0 bridgehead atoms. The van der Waals surface area contributed by atoms with Crippen LogP contribution in [0.1, 0.15) is 92.4 Å². The fraction of sp³-hybridized carbons (Fsp3) is 0.762. The number of ketones is 5. The molecule has 0 aliphatic rings. The minimum absolute atomic E-state index is 0.0152. The van der Waals surface area contributed by atoms with Gasteiger partial charge in [0, 0.05) is 32.1 Å². The molecule has 0 atom stereocenters. The van der Waals surface area contributed by atoms with Gasteiger partial charge in [-0.1, -0.05) is 12.8 Å². The van der Waals surface area contributed by atoms with Crippen molar-refractivity contribution in [2.45, 2.75) is 92.4 Å². The van der Waals surface area contributed by atoms with Crippen molar-refractivity contribution in [1.29, 1.82) is 0 Å². The van der Waals surface area contributed by atoms with Crippen molar-refractivity contribution in [1.82, 2.24) is 0 Å². The Morgan fingerprint density at radius 2 is 1.00 bits per heavy atom. The molecule has 0 saturated carbocycles. The minimum atomic E-state index is -0.597. The molecular weight excluding hydrogens is 332 g/mol. The van der Waals surface area contributed by atoms with Gasteiger partial charge in [-0.2, -0.15) is 0 Å². The second kappa shape index (κ2) is 11.9. The lowest BCUT2D eigenvalue weighted by Crippen LogP contribution is -2.29. The van der Waals surface area contributed by atoms with Gasteiger partial charge in [0.2, 0.25) is 0 Å². The summed E-state index contributed by atoms with van der Waals surface area (Å²) in [4.78, 5) is 57.9. The zero-order chi connectivity index (χ0) is 20.3. The number of carbonyl (C=O) groups excluding carboxylic acids is 5. The lowest BCUT2D eigenvalue weighted by atomic mass is 9.71. The number of rotatable bonds is 15. The van der Waals surface area contributed by atoms with E-state index in [1.807, 2.05) is 0 Å². The van der Waals surface area contributed by atoms with Crippen LogP contribution >= 0.6 is 0 Å². The Morgan fingerprint density at radius 1 is 0.615 bits per heavy atom. The molecule has 0 fully saturated rings. The Bertz CT molecular complexity index is 476. The summed E-state index contributed by atoms with van der Waals surface area (Å²) in [6, 6.07) is 0. The van der Waals surface area contributed by atoms with E-state index in [1.54, 1.807) is 0 Å². The van der Waals surface area contributed by atoms with Gasteiger partial charge in [0.25, 0.3) is 0 Å². The third kappa shape index (κ3) is 11.8. The van der Waals surface area contributed by atoms with Crippen molar-refractivity contribution >= 4 is 28.9 Å². The second-order valence-electron chi connectivity index (χ2n) is 8.06. The van der Waals surface area contributed by atoms with Crippen molar-refractivity contribution in [3.63, 3.8) is 0 Å². The highest BCUT2D eigenvalue weighted by Crippen LogP contribution is 2.38. The summed E-state index contributed by atoms with van der Waals surface area (Å²) in [7, 11) is 0. The van der Waals surface area contributed by atoms with Gasteiger partial charge in [0.1, 0.15) is 28.9 Å². The summed E-state index contributed by atoms with van der Waals surface area (Å²) in [6.45, 7) is 7.54. The Balaban J connectivity index is 4.91. The zero-order valence-corrected chi connectivity index (χ0v) is 17.0. The van der Waals surface area contributed by atoms with Crippen molar-refractivity contribution < 1.29 is 24.0 Å². The van der Waals surface area contributed by atoms with Crippen molar-refractivity contribution in [2.24, 2.45) is 11.3 Å². The van der Waals surface area contributed by atoms with Gasteiger partial charge >= 0.3 is 0 Å². The van der Waals surface area contributed by atoms with Gasteiger partial charge in [-0.15, -0.1) is 0 Å². The maximum atomic E-state index is 11.7. The molecule has 0 unspecified atom stereocenters. The van der Waals surface area contributed by atoms with E-state index in [0.29, 0.717) is 19.3 Å². The quantitative estimate of drug-likeness (QED) is 0.408. The van der Waals surface area contributed by atoms with Gasteiger partial charge in [-0.3, -0.25) is 0 Å². The van der Waals surface area contributed by atoms with Crippen molar-refractivity contribution in [3.8, 4) is 0 Å². The van der Waals surface area contributed by atoms with E-state index >= 15 is 0 Å². The summed E-state index contributed by atoms with van der Waals surface area (Å²) < 4.78 is 0. The van der Waals surface area contributed by atoms with Crippen molar-refractivity contribution in [3.05, 3.63) is 0 Å². The van der Waals surface area contributed by atoms with E-state index in [4.69, 9.17) is 0 Å². The highest BCUT2D eigenvalue weighted by molar-refractivity contribution is 5.83. The van der Waals surface area contributed by atoms with Crippen LogP contribution in [0.3, 0.4) is 0 Å². The minimum Gasteiger partial charge on any atom is -0.300 e. The van der Waals surface area contributed by atoms with E-state index in [2.05, 4.69) is 0 Å². The van der Waals surface area contributed by atoms with E-state index in [0.717, 1.165) is 19.3 Å². The molecule has 26 heavy (non-hydrogen) atoms. The van der Waals surface area contributed by atoms with Crippen LogP contribution in [-0.2, 0) is 24.0 Å². The summed E-state index contributed by atoms with van der Waals surface area (Å²) in [5, 5.41) is 0. The summed E-state index contributed by atoms with van der Waals surface area (Å²) >= 11 is 0. The van der Waals surface area contributed by atoms with Gasteiger partial charge in [-0.05, 0) is 58.8 Å². The molecule has 148 valence electrons. The third-order valence-corrected chi connectivity index (χ3v) is 4.59. The first-order valence-corrected chi connectivity index (χ1v) is 9.43. The van der Waals surface area contributed by atoms with E-state index in [-0.39, 0.29) is 54.1 Å². The first-order valence-electron chi connectivity index (χ1n) is 9.43. The Morgan fingerprint density at radius 3 is 1.31 bits per heavy atom. The summed E-state index contributed by atoms with van der Waals surface area (Å²) in [6.07, 6.45) is 4.45. The topological polar surface area (TPSA) is 85.3 Å². The average molecular weight is 366 g/mol. The molecule has 0 aliphatic heterocycles. The third-order valence-electron chi connectivity index (χ3n) is 4.59. The number of hydrogen-bond acceptors (Lipinski definition) is 5. The standard InChI is InChI=1S/C21H34O5/c1-15(22)10-20(11-16(2)23)8-6-7-9-21(12-17(3)24,13-18(4)25)14-19(5)26/h20H,6-14H2,1-5H3. The average Bonchev–Trinajstić information content (AvgIpc) is 2.39. The fourth-order valence-electron chi connectivity index (χ4n) is 4.06. The van der Waals surface area contributed by atoms with E-state index in [9.17, 15) is 24.0 Å². The predicted molar refractivity (Wildman–Crippen MR) is 101 cm³/mol. The smallest absolute Gasteiger partial charge is 0.130 e. The monoisotopic (exact) mass is 366 g/mol. The molecule has 0 saturated heterocycles. The number of unbranched alkanes of at least 4 members (excludes halogenated alkanes) is 1. The Labute approximate surface area is 157 Å². The van der Waals surface area contributed by atoms with E-state index in [1.165, 1.54) is 34.6 Å². The Kier molecular flexibility index (Phi) is 11.1. The largest absolute Gasteiger partial charge is 0.300 e. The normalized spacial score (nSPS) is 11.5. The molecule has 0 aliphatic carbocycles. The number of hydrogen-bond donors (Lipinski definition) is 0. The maximum absolute atomic E-state index is 11.7. The van der Waals surface area contributed by atoms with Crippen LogP contribution in [0.25, 0.3) is 0 Å². The van der Waals surface area contributed by atoms with Gasteiger partial charge in [-0.25, -0.2) is 0 Å². The Hall–Kier alpha value is -1.65. The summed E-state index contributed by atoms with van der Waals surface area (Å²) in [5.74, 6) is 0.161. The molecule has 0 amide bonds. The first-order chi connectivity index (χ1) is 12.0.